The van der Waals surface area contributed by atoms with E-state index in [1.165, 1.54) is 0 Å². The molecule has 2 aromatic carbocycles. The van der Waals surface area contributed by atoms with E-state index in [0.29, 0.717) is 11.0 Å². The minimum Gasteiger partial charge on any atom is -0.422 e. The Kier molecular flexibility index (Phi) is 2.30. The number of aryl methyl sites for hydroxylation is 1. The Balaban J connectivity index is 2.62. The van der Waals surface area contributed by atoms with Gasteiger partial charge >= 0.3 is 5.63 Å². The number of hydrogen-bond acceptors (Lipinski definition) is 2. The normalized spacial score (nSPS) is 11.2. The van der Waals surface area contributed by atoms with Crippen LogP contribution in [0.2, 0.25) is 0 Å². The largest absolute Gasteiger partial charge is 0.422 e. The van der Waals surface area contributed by atoms with E-state index in [-0.39, 0.29) is 5.63 Å². The highest BCUT2D eigenvalue weighted by molar-refractivity contribution is 9.10. The smallest absolute Gasteiger partial charge is 0.344 e. The molecule has 0 saturated heterocycles. The lowest BCUT2D eigenvalue weighted by atomic mass is 10.1. The number of hydrogen-bond donors (Lipinski definition) is 0. The number of halogens is 1. The molecule has 0 bridgehead atoms. The van der Waals surface area contributed by atoms with Crippen LogP contribution in [-0.2, 0) is 0 Å². The molecule has 0 N–H and O–H groups in total. The first-order valence-electron chi connectivity index (χ1n) is 5.28. The topological polar surface area (TPSA) is 30.2 Å². The van der Waals surface area contributed by atoms with Gasteiger partial charge in [-0.1, -0.05) is 28.1 Å². The summed E-state index contributed by atoms with van der Waals surface area (Å²) in [4.78, 5) is 11.8. The summed E-state index contributed by atoms with van der Waals surface area (Å²) in [6.45, 7) is 1.98. The lowest BCUT2D eigenvalue weighted by molar-refractivity contribution is 0.569. The second-order valence-corrected chi connectivity index (χ2v) is 4.99. The molecule has 84 valence electrons. The molecule has 0 unspecified atom stereocenters. The highest BCUT2D eigenvalue weighted by Crippen LogP contribution is 2.26. The first kappa shape index (κ1) is 10.5. The molecule has 1 aromatic heterocycles. The van der Waals surface area contributed by atoms with E-state index in [9.17, 15) is 4.79 Å². The van der Waals surface area contributed by atoms with Gasteiger partial charge in [-0.05, 0) is 36.8 Å². The van der Waals surface area contributed by atoms with Crippen molar-refractivity contribution in [3.05, 3.63) is 56.9 Å². The van der Waals surface area contributed by atoms with Crippen molar-refractivity contribution in [1.29, 1.82) is 0 Å². The van der Waals surface area contributed by atoms with E-state index in [2.05, 4.69) is 15.9 Å². The van der Waals surface area contributed by atoms with Gasteiger partial charge in [0.25, 0.3) is 0 Å². The highest BCUT2D eigenvalue weighted by atomic mass is 79.9. The van der Waals surface area contributed by atoms with Crippen LogP contribution < -0.4 is 5.63 Å². The van der Waals surface area contributed by atoms with Crippen LogP contribution in [0.5, 0.6) is 0 Å². The molecule has 2 nitrogen and oxygen atoms in total. The summed E-state index contributed by atoms with van der Waals surface area (Å²) in [5, 5.41) is 2.50. The van der Waals surface area contributed by atoms with Gasteiger partial charge in [-0.2, -0.15) is 0 Å². The number of fused-ring (bicyclic) bond motifs is 3. The predicted octanol–water partition coefficient (Wildman–Crippen LogP) is 4.02. The second-order valence-electron chi connectivity index (χ2n) is 4.08. The van der Waals surface area contributed by atoms with E-state index in [1.807, 2.05) is 37.3 Å². The average Bonchev–Trinajstić information content (AvgIpc) is 2.28. The van der Waals surface area contributed by atoms with E-state index < -0.39 is 0 Å². The van der Waals surface area contributed by atoms with E-state index in [0.717, 1.165) is 20.8 Å². The summed E-state index contributed by atoms with van der Waals surface area (Å²) in [6, 6.07) is 11.5. The van der Waals surface area contributed by atoms with Gasteiger partial charge in [0.15, 0.2) is 0 Å². The Morgan fingerprint density at radius 1 is 1.00 bits per heavy atom. The molecule has 0 aliphatic carbocycles. The van der Waals surface area contributed by atoms with E-state index in [4.69, 9.17) is 4.42 Å². The van der Waals surface area contributed by atoms with Crippen molar-refractivity contribution in [2.45, 2.75) is 6.92 Å². The SMILES string of the molecule is Cc1ccc2c(c1)oc(=O)c1ccc(Br)cc12. The third kappa shape index (κ3) is 1.67. The summed E-state index contributed by atoms with van der Waals surface area (Å²) in [5.41, 5.74) is 1.43. The van der Waals surface area contributed by atoms with Crippen LogP contribution in [0, 0.1) is 6.92 Å². The van der Waals surface area contributed by atoms with Gasteiger partial charge in [0, 0.05) is 15.2 Å². The Morgan fingerprint density at radius 2 is 1.76 bits per heavy atom. The molecule has 3 heteroatoms. The zero-order valence-corrected chi connectivity index (χ0v) is 10.7. The third-order valence-corrected chi connectivity index (χ3v) is 3.32. The third-order valence-electron chi connectivity index (χ3n) is 2.83. The first-order chi connectivity index (χ1) is 8.15. The van der Waals surface area contributed by atoms with Crippen LogP contribution in [0.3, 0.4) is 0 Å². The Bertz CT molecular complexity index is 787. The fourth-order valence-electron chi connectivity index (χ4n) is 2.01. The lowest BCUT2D eigenvalue weighted by Gasteiger charge is -2.03. The van der Waals surface area contributed by atoms with Crippen LogP contribution >= 0.6 is 15.9 Å². The molecule has 3 rings (SSSR count). The molecule has 0 atom stereocenters. The van der Waals surface area contributed by atoms with Crippen molar-refractivity contribution >= 4 is 37.7 Å². The van der Waals surface area contributed by atoms with Gasteiger partial charge in [0.1, 0.15) is 5.58 Å². The summed E-state index contributed by atoms with van der Waals surface area (Å²) < 4.78 is 6.28. The van der Waals surface area contributed by atoms with Gasteiger partial charge in [-0.25, -0.2) is 4.79 Å². The minimum atomic E-state index is -0.286. The molecule has 0 saturated carbocycles. The second kappa shape index (κ2) is 3.70. The monoisotopic (exact) mass is 288 g/mol. The summed E-state index contributed by atoms with van der Waals surface area (Å²) in [5.74, 6) is 0. The van der Waals surface area contributed by atoms with Crippen LogP contribution in [0.1, 0.15) is 5.56 Å². The van der Waals surface area contributed by atoms with Crippen molar-refractivity contribution in [2.75, 3.05) is 0 Å². The zero-order chi connectivity index (χ0) is 12.0. The van der Waals surface area contributed by atoms with Crippen LogP contribution in [0.25, 0.3) is 21.7 Å². The molecule has 0 amide bonds. The van der Waals surface area contributed by atoms with E-state index in [1.54, 1.807) is 6.07 Å². The summed E-state index contributed by atoms with van der Waals surface area (Å²) >= 11 is 3.42. The number of benzene rings is 2. The summed E-state index contributed by atoms with van der Waals surface area (Å²) in [7, 11) is 0. The van der Waals surface area contributed by atoms with E-state index >= 15 is 0 Å². The Hall–Kier alpha value is -1.61. The molecular formula is C14H9BrO2. The van der Waals surface area contributed by atoms with Crippen molar-refractivity contribution in [3.63, 3.8) is 0 Å². The van der Waals surface area contributed by atoms with Crippen molar-refractivity contribution in [3.8, 4) is 0 Å². The molecule has 0 aliphatic heterocycles. The molecule has 1 heterocycles. The maximum atomic E-state index is 11.8. The van der Waals surface area contributed by atoms with Gasteiger partial charge in [-0.15, -0.1) is 0 Å². The van der Waals surface area contributed by atoms with Crippen LogP contribution in [0.15, 0.2) is 50.1 Å². The average molecular weight is 289 g/mol. The van der Waals surface area contributed by atoms with Crippen LogP contribution in [0.4, 0.5) is 0 Å². The molecule has 17 heavy (non-hydrogen) atoms. The fourth-order valence-corrected chi connectivity index (χ4v) is 2.37. The van der Waals surface area contributed by atoms with Crippen molar-refractivity contribution < 1.29 is 4.42 Å². The Morgan fingerprint density at radius 3 is 2.59 bits per heavy atom. The zero-order valence-electron chi connectivity index (χ0n) is 9.16. The highest BCUT2D eigenvalue weighted by Gasteiger charge is 2.07. The standard InChI is InChI=1S/C14H9BrO2/c1-8-2-4-10-12-7-9(15)3-5-11(12)14(16)17-13(10)6-8/h2-7H,1H3. The molecule has 0 aliphatic rings. The Labute approximate surface area is 106 Å². The first-order valence-corrected chi connectivity index (χ1v) is 6.07. The van der Waals surface area contributed by atoms with Gasteiger partial charge in [-0.3, -0.25) is 0 Å². The van der Waals surface area contributed by atoms with Gasteiger partial charge < -0.3 is 4.42 Å². The lowest BCUT2D eigenvalue weighted by Crippen LogP contribution is -1.99. The molecule has 0 spiro atoms. The van der Waals surface area contributed by atoms with Crippen LogP contribution in [-0.4, -0.2) is 0 Å². The fraction of sp³-hybridized carbons (Fsp3) is 0.0714. The summed E-state index contributed by atoms with van der Waals surface area (Å²) in [6.07, 6.45) is 0. The van der Waals surface area contributed by atoms with Crippen molar-refractivity contribution in [1.82, 2.24) is 0 Å². The maximum absolute atomic E-state index is 11.8. The number of rotatable bonds is 0. The maximum Gasteiger partial charge on any atom is 0.344 e. The molecule has 0 radical (unpaired) electrons. The quantitative estimate of drug-likeness (QED) is 0.462. The van der Waals surface area contributed by atoms with Gasteiger partial charge in [0.05, 0.1) is 5.39 Å². The molecule has 3 aromatic rings. The predicted molar refractivity (Wildman–Crippen MR) is 72.4 cm³/mol. The molecule has 0 fully saturated rings. The van der Waals surface area contributed by atoms with Crippen molar-refractivity contribution in [2.24, 2.45) is 0 Å². The minimum absolute atomic E-state index is 0.286. The van der Waals surface area contributed by atoms with Gasteiger partial charge in [0.2, 0.25) is 0 Å². The molecular weight excluding hydrogens is 280 g/mol.